The molecule has 0 spiro atoms. The highest BCUT2D eigenvalue weighted by Crippen LogP contribution is 2.36. The van der Waals surface area contributed by atoms with Crippen molar-refractivity contribution in [1.29, 1.82) is 0 Å². The van der Waals surface area contributed by atoms with Gasteiger partial charge in [0.05, 0.1) is 6.61 Å². The summed E-state index contributed by atoms with van der Waals surface area (Å²) >= 11 is 0. The number of fused-ring (bicyclic) bond motifs is 1. The van der Waals surface area contributed by atoms with Gasteiger partial charge in [-0.3, -0.25) is 4.90 Å². The third-order valence-electron chi connectivity index (χ3n) is 3.32. The lowest BCUT2D eigenvalue weighted by molar-refractivity contribution is -0.167. The smallest absolute Gasteiger partial charge is 0.339 e. The first-order chi connectivity index (χ1) is 6.68. The molecule has 0 radical (unpaired) electrons. The normalized spacial score (nSPS) is 37.1. The van der Waals surface area contributed by atoms with Gasteiger partial charge in [-0.2, -0.15) is 0 Å². The predicted octanol–water partition coefficient (Wildman–Crippen LogP) is 0.149. The number of carbonyl (C=O) groups is 1. The first kappa shape index (κ1) is 9.93. The van der Waals surface area contributed by atoms with E-state index in [0.717, 1.165) is 25.9 Å². The molecule has 2 unspecified atom stereocenters. The van der Waals surface area contributed by atoms with E-state index in [1.54, 1.807) is 6.92 Å². The Morgan fingerprint density at radius 1 is 1.64 bits per heavy atom. The lowest BCUT2D eigenvalue weighted by Gasteiger charge is -2.27. The molecule has 2 fully saturated rings. The maximum absolute atomic E-state index is 11.6. The average molecular weight is 199 g/mol. The third-order valence-corrected chi connectivity index (χ3v) is 3.32. The Balaban J connectivity index is 2.11. The van der Waals surface area contributed by atoms with Gasteiger partial charge in [-0.15, -0.1) is 0 Å². The Labute approximate surface area is 83.8 Å². The number of nitrogens with zero attached hydrogens (tertiary/aromatic N) is 1. The van der Waals surface area contributed by atoms with Crippen LogP contribution in [-0.2, 0) is 9.53 Å². The SMILES string of the molecule is CCOC(=O)C1(O)CCN2CCCC21. The molecule has 2 heterocycles. The Morgan fingerprint density at radius 2 is 2.43 bits per heavy atom. The van der Waals surface area contributed by atoms with Gasteiger partial charge in [0.1, 0.15) is 0 Å². The zero-order chi connectivity index (χ0) is 10.2. The van der Waals surface area contributed by atoms with Crippen molar-refractivity contribution in [3.05, 3.63) is 0 Å². The fourth-order valence-electron chi connectivity index (χ4n) is 2.61. The van der Waals surface area contributed by atoms with Crippen molar-refractivity contribution in [2.24, 2.45) is 0 Å². The molecule has 2 aliphatic heterocycles. The summed E-state index contributed by atoms with van der Waals surface area (Å²) in [6.45, 7) is 3.93. The van der Waals surface area contributed by atoms with Gasteiger partial charge < -0.3 is 9.84 Å². The maximum Gasteiger partial charge on any atom is 0.339 e. The first-order valence-electron chi connectivity index (χ1n) is 5.32. The third kappa shape index (κ3) is 1.33. The second kappa shape index (κ2) is 3.51. The summed E-state index contributed by atoms with van der Waals surface area (Å²) < 4.78 is 4.92. The van der Waals surface area contributed by atoms with Crippen LogP contribution < -0.4 is 0 Å². The van der Waals surface area contributed by atoms with Crippen LogP contribution in [0.1, 0.15) is 26.2 Å². The first-order valence-corrected chi connectivity index (χ1v) is 5.32. The van der Waals surface area contributed by atoms with Gasteiger partial charge in [0.15, 0.2) is 5.60 Å². The highest BCUT2D eigenvalue weighted by atomic mass is 16.5. The Hall–Kier alpha value is -0.610. The zero-order valence-electron chi connectivity index (χ0n) is 8.53. The van der Waals surface area contributed by atoms with Gasteiger partial charge >= 0.3 is 5.97 Å². The molecular weight excluding hydrogens is 182 g/mol. The van der Waals surface area contributed by atoms with Crippen molar-refractivity contribution in [3.63, 3.8) is 0 Å². The molecule has 1 N–H and O–H groups in total. The maximum atomic E-state index is 11.6. The zero-order valence-corrected chi connectivity index (χ0v) is 8.53. The average Bonchev–Trinajstić information content (AvgIpc) is 2.71. The second-order valence-corrected chi connectivity index (χ2v) is 4.09. The van der Waals surface area contributed by atoms with Gasteiger partial charge in [0, 0.05) is 19.0 Å². The summed E-state index contributed by atoms with van der Waals surface area (Å²) in [4.78, 5) is 13.8. The molecule has 2 atom stereocenters. The molecule has 0 aromatic carbocycles. The van der Waals surface area contributed by atoms with E-state index in [-0.39, 0.29) is 6.04 Å². The standard InChI is InChI=1S/C10H17NO3/c1-2-14-9(12)10(13)5-7-11-6-3-4-8(10)11/h8,13H,2-7H2,1H3. The monoisotopic (exact) mass is 199 g/mol. The predicted molar refractivity (Wildman–Crippen MR) is 50.8 cm³/mol. The van der Waals surface area contributed by atoms with Crippen molar-refractivity contribution in [2.75, 3.05) is 19.7 Å². The lowest BCUT2D eigenvalue weighted by Crippen LogP contribution is -2.48. The van der Waals surface area contributed by atoms with Crippen LogP contribution in [0.2, 0.25) is 0 Å². The number of hydrogen-bond donors (Lipinski definition) is 1. The molecule has 0 aromatic rings. The van der Waals surface area contributed by atoms with E-state index in [9.17, 15) is 9.90 Å². The van der Waals surface area contributed by atoms with Gasteiger partial charge in [0.25, 0.3) is 0 Å². The minimum atomic E-state index is -1.23. The van der Waals surface area contributed by atoms with Gasteiger partial charge in [-0.1, -0.05) is 0 Å². The van der Waals surface area contributed by atoms with Crippen LogP contribution in [0, 0.1) is 0 Å². The van der Waals surface area contributed by atoms with Crippen LogP contribution in [0.5, 0.6) is 0 Å². The van der Waals surface area contributed by atoms with Crippen LogP contribution in [0.15, 0.2) is 0 Å². The van der Waals surface area contributed by atoms with Crippen molar-refractivity contribution in [2.45, 2.75) is 37.8 Å². The van der Waals surface area contributed by atoms with E-state index >= 15 is 0 Å². The summed E-state index contributed by atoms with van der Waals surface area (Å²) in [5.41, 5.74) is -1.23. The summed E-state index contributed by atoms with van der Waals surface area (Å²) in [7, 11) is 0. The minimum absolute atomic E-state index is 0.00144. The molecule has 4 heteroatoms. The second-order valence-electron chi connectivity index (χ2n) is 4.09. The van der Waals surface area contributed by atoms with Crippen LogP contribution in [0.4, 0.5) is 0 Å². The molecule has 0 saturated carbocycles. The highest BCUT2D eigenvalue weighted by Gasteiger charge is 2.53. The molecule has 14 heavy (non-hydrogen) atoms. The number of aliphatic hydroxyl groups is 1. The molecular formula is C10H17NO3. The van der Waals surface area contributed by atoms with Crippen LogP contribution in [0.3, 0.4) is 0 Å². The Kier molecular flexibility index (Phi) is 2.49. The van der Waals surface area contributed by atoms with Crippen LogP contribution in [-0.4, -0.2) is 47.3 Å². The number of hydrogen-bond acceptors (Lipinski definition) is 4. The van der Waals surface area contributed by atoms with E-state index in [0.29, 0.717) is 13.0 Å². The molecule has 0 amide bonds. The van der Waals surface area contributed by atoms with Crippen LogP contribution >= 0.6 is 0 Å². The van der Waals surface area contributed by atoms with E-state index in [1.807, 2.05) is 0 Å². The van der Waals surface area contributed by atoms with E-state index in [1.165, 1.54) is 0 Å². The number of esters is 1. The molecule has 2 aliphatic rings. The van der Waals surface area contributed by atoms with Crippen molar-refractivity contribution >= 4 is 5.97 Å². The fraction of sp³-hybridized carbons (Fsp3) is 0.900. The van der Waals surface area contributed by atoms with Crippen molar-refractivity contribution < 1.29 is 14.6 Å². The summed E-state index contributed by atoms with van der Waals surface area (Å²) in [5.74, 6) is -0.436. The summed E-state index contributed by atoms with van der Waals surface area (Å²) in [5, 5.41) is 10.2. The topological polar surface area (TPSA) is 49.8 Å². The molecule has 2 saturated heterocycles. The van der Waals surface area contributed by atoms with E-state index in [4.69, 9.17) is 4.74 Å². The van der Waals surface area contributed by atoms with Gasteiger partial charge in [-0.05, 0) is 26.3 Å². The Morgan fingerprint density at radius 3 is 3.14 bits per heavy atom. The molecule has 0 aliphatic carbocycles. The fourth-order valence-corrected chi connectivity index (χ4v) is 2.61. The molecule has 0 aromatic heterocycles. The molecule has 80 valence electrons. The van der Waals surface area contributed by atoms with Gasteiger partial charge in [-0.25, -0.2) is 4.79 Å². The minimum Gasteiger partial charge on any atom is -0.464 e. The molecule has 0 bridgehead atoms. The summed E-state index contributed by atoms with van der Waals surface area (Å²) in [6, 6.07) is 0.00144. The van der Waals surface area contributed by atoms with Crippen LogP contribution in [0.25, 0.3) is 0 Å². The summed E-state index contributed by atoms with van der Waals surface area (Å²) in [6.07, 6.45) is 2.51. The Bertz CT molecular complexity index is 244. The quantitative estimate of drug-likeness (QED) is 0.643. The van der Waals surface area contributed by atoms with Crippen molar-refractivity contribution in [3.8, 4) is 0 Å². The largest absolute Gasteiger partial charge is 0.464 e. The lowest BCUT2D eigenvalue weighted by atomic mass is 9.93. The molecule has 4 nitrogen and oxygen atoms in total. The van der Waals surface area contributed by atoms with E-state index < -0.39 is 11.6 Å². The highest BCUT2D eigenvalue weighted by molar-refractivity contribution is 5.81. The number of rotatable bonds is 2. The van der Waals surface area contributed by atoms with E-state index in [2.05, 4.69) is 4.90 Å². The van der Waals surface area contributed by atoms with Gasteiger partial charge in [0.2, 0.25) is 0 Å². The number of ether oxygens (including phenoxy) is 1. The number of carbonyl (C=O) groups excluding carboxylic acids is 1. The van der Waals surface area contributed by atoms with Crippen molar-refractivity contribution in [1.82, 2.24) is 4.90 Å². The molecule has 2 rings (SSSR count).